The standard InChI is InChI=1S/C12H12ClFN2O/c1-2-4-8-11(17-16-12(8)15)7-5-3-6-9(14)10(7)13/h3,5-6H,2,4H2,1H3,(H2,15,16). The van der Waals surface area contributed by atoms with Crippen molar-refractivity contribution in [2.75, 3.05) is 5.73 Å². The monoisotopic (exact) mass is 254 g/mol. The van der Waals surface area contributed by atoms with Gasteiger partial charge in [0, 0.05) is 11.1 Å². The molecule has 1 aromatic carbocycles. The van der Waals surface area contributed by atoms with E-state index >= 15 is 0 Å². The van der Waals surface area contributed by atoms with Crippen molar-refractivity contribution in [2.24, 2.45) is 0 Å². The zero-order valence-electron chi connectivity index (χ0n) is 9.34. The van der Waals surface area contributed by atoms with Gasteiger partial charge in [0.25, 0.3) is 0 Å². The highest BCUT2D eigenvalue weighted by Gasteiger charge is 2.18. The molecule has 17 heavy (non-hydrogen) atoms. The maximum Gasteiger partial charge on any atom is 0.173 e. The summed E-state index contributed by atoms with van der Waals surface area (Å²) in [4.78, 5) is 0. The van der Waals surface area contributed by atoms with Crippen molar-refractivity contribution in [1.29, 1.82) is 0 Å². The molecule has 0 amide bonds. The third-order valence-corrected chi connectivity index (χ3v) is 2.90. The largest absolute Gasteiger partial charge is 0.381 e. The molecule has 0 saturated carbocycles. The SMILES string of the molecule is CCCc1c(N)noc1-c1cccc(F)c1Cl. The molecule has 1 aromatic heterocycles. The summed E-state index contributed by atoms with van der Waals surface area (Å²) in [6, 6.07) is 4.56. The molecule has 0 spiro atoms. The fraction of sp³-hybridized carbons (Fsp3) is 0.250. The second-order valence-corrected chi connectivity index (χ2v) is 4.10. The molecule has 2 N–H and O–H groups in total. The molecule has 0 saturated heterocycles. The number of nitrogens with two attached hydrogens (primary N) is 1. The Kier molecular flexibility index (Phi) is 3.33. The van der Waals surface area contributed by atoms with E-state index in [0.717, 1.165) is 18.4 Å². The van der Waals surface area contributed by atoms with Gasteiger partial charge in [0.1, 0.15) is 5.82 Å². The van der Waals surface area contributed by atoms with Crippen molar-refractivity contribution in [3.63, 3.8) is 0 Å². The molecule has 0 aliphatic heterocycles. The van der Waals surface area contributed by atoms with Crippen LogP contribution in [0, 0.1) is 5.82 Å². The van der Waals surface area contributed by atoms with Gasteiger partial charge in [-0.15, -0.1) is 0 Å². The van der Waals surface area contributed by atoms with Gasteiger partial charge in [-0.25, -0.2) is 4.39 Å². The number of nitrogens with zero attached hydrogens (tertiary/aromatic N) is 1. The minimum absolute atomic E-state index is 0.0287. The smallest absolute Gasteiger partial charge is 0.173 e. The van der Waals surface area contributed by atoms with Gasteiger partial charge in [0.2, 0.25) is 0 Å². The van der Waals surface area contributed by atoms with Gasteiger partial charge in [-0.3, -0.25) is 0 Å². The quantitative estimate of drug-likeness (QED) is 0.909. The molecule has 5 heteroatoms. The first kappa shape index (κ1) is 11.9. The van der Waals surface area contributed by atoms with Crippen molar-refractivity contribution in [3.8, 4) is 11.3 Å². The van der Waals surface area contributed by atoms with Crippen LogP contribution in [0.4, 0.5) is 10.2 Å². The molecule has 0 radical (unpaired) electrons. The number of rotatable bonds is 3. The van der Waals surface area contributed by atoms with Gasteiger partial charge in [0.05, 0.1) is 5.02 Å². The Morgan fingerprint density at radius 2 is 2.24 bits per heavy atom. The Bertz CT molecular complexity index is 539. The highest BCUT2D eigenvalue weighted by molar-refractivity contribution is 6.33. The predicted molar refractivity (Wildman–Crippen MR) is 65.3 cm³/mol. The minimum Gasteiger partial charge on any atom is -0.381 e. The van der Waals surface area contributed by atoms with Crippen LogP contribution < -0.4 is 5.73 Å². The lowest BCUT2D eigenvalue weighted by Crippen LogP contribution is -1.93. The lowest BCUT2D eigenvalue weighted by atomic mass is 10.0. The Balaban J connectivity index is 2.56. The number of nitrogen functional groups attached to an aromatic ring is 1. The van der Waals surface area contributed by atoms with Gasteiger partial charge in [-0.2, -0.15) is 0 Å². The topological polar surface area (TPSA) is 52.0 Å². The summed E-state index contributed by atoms with van der Waals surface area (Å²) in [7, 11) is 0. The lowest BCUT2D eigenvalue weighted by molar-refractivity contribution is 0.434. The summed E-state index contributed by atoms with van der Waals surface area (Å²) in [5.74, 6) is 0.303. The zero-order chi connectivity index (χ0) is 12.4. The molecule has 0 atom stereocenters. The van der Waals surface area contributed by atoms with Crippen LogP contribution in [0.15, 0.2) is 22.7 Å². The number of hydrogen-bond donors (Lipinski definition) is 1. The third kappa shape index (κ3) is 2.13. The first-order valence-corrected chi connectivity index (χ1v) is 5.71. The van der Waals surface area contributed by atoms with Crippen molar-refractivity contribution in [1.82, 2.24) is 5.16 Å². The molecule has 0 unspecified atom stereocenters. The minimum atomic E-state index is -0.485. The van der Waals surface area contributed by atoms with Crippen molar-refractivity contribution in [2.45, 2.75) is 19.8 Å². The number of anilines is 1. The summed E-state index contributed by atoms with van der Waals surface area (Å²) in [6.45, 7) is 2.02. The number of halogens is 2. The molecule has 2 rings (SSSR count). The number of aromatic nitrogens is 1. The molecule has 3 nitrogen and oxygen atoms in total. The molecule has 0 aliphatic carbocycles. The fourth-order valence-corrected chi connectivity index (χ4v) is 1.92. The molecule has 0 bridgehead atoms. The average molecular weight is 255 g/mol. The molecule has 0 fully saturated rings. The predicted octanol–water partition coefficient (Wildman–Crippen LogP) is 3.67. The van der Waals surface area contributed by atoms with Crippen LogP contribution in [0.3, 0.4) is 0 Å². The van der Waals surface area contributed by atoms with E-state index in [2.05, 4.69) is 5.16 Å². The molecule has 90 valence electrons. The van der Waals surface area contributed by atoms with Crippen LogP contribution in [0.5, 0.6) is 0 Å². The van der Waals surface area contributed by atoms with Gasteiger partial charge < -0.3 is 10.3 Å². The van der Waals surface area contributed by atoms with Gasteiger partial charge in [-0.1, -0.05) is 36.2 Å². The van der Waals surface area contributed by atoms with Crippen LogP contribution in [-0.4, -0.2) is 5.16 Å². The van der Waals surface area contributed by atoms with E-state index < -0.39 is 5.82 Å². The Morgan fingerprint density at radius 1 is 1.47 bits per heavy atom. The summed E-state index contributed by atoms with van der Waals surface area (Å²) < 4.78 is 18.5. The Hall–Kier alpha value is -1.55. The molecule has 2 aromatic rings. The van der Waals surface area contributed by atoms with Crippen LogP contribution in [-0.2, 0) is 6.42 Å². The van der Waals surface area contributed by atoms with Crippen LogP contribution in [0.25, 0.3) is 11.3 Å². The summed E-state index contributed by atoms with van der Waals surface area (Å²) in [5.41, 5.74) is 6.97. The highest BCUT2D eigenvalue weighted by atomic mass is 35.5. The van der Waals surface area contributed by atoms with Crippen LogP contribution in [0.1, 0.15) is 18.9 Å². The summed E-state index contributed by atoms with van der Waals surface area (Å²) >= 11 is 5.91. The normalized spacial score (nSPS) is 10.8. The average Bonchev–Trinajstić information content (AvgIpc) is 2.66. The van der Waals surface area contributed by atoms with E-state index in [1.807, 2.05) is 6.92 Å². The fourth-order valence-electron chi connectivity index (χ4n) is 1.70. The van der Waals surface area contributed by atoms with E-state index in [9.17, 15) is 4.39 Å². The molecule has 0 aliphatic rings. The van der Waals surface area contributed by atoms with Crippen LogP contribution >= 0.6 is 11.6 Å². The zero-order valence-corrected chi connectivity index (χ0v) is 10.1. The van der Waals surface area contributed by atoms with E-state index in [1.54, 1.807) is 12.1 Å². The first-order chi connectivity index (χ1) is 8.15. The van der Waals surface area contributed by atoms with E-state index in [-0.39, 0.29) is 5.02 Å². The molecule has 1 heterocycles. The summed E-state index contributed by atoms with van der Waals surface area (Å²) in [5, 5.41) is 3.73. The molecular weight excluding hydrogens is 243 g/mol. The van der Waals surface area contributed by atoms with E-state index in [0.29, 0.717) is 17.1 Å². The Labute approximate surface area is 103 Å². The summed E-state index contributed by atoms with van der Waals surface area (Å²) in [6.07, 6.45) is 1.61. The highest BCUT2D eigenvalue weighted by Crippen LogP contribution is 2.34. The van der Waals surface area contributed by atoms with E-state index in [1.165, 1.54) is 6.07 Å². The second kappa shape index (κ2) is 4.75. The van der Waals surface area contributed by atoms with Crippen molar-refractivity contribution < 1.29 is 8.91 Å². The van der Waals surface area contributed by atoms with Gasteiger partial charge in [-0.05, 0) is 18.6 Å². The lowest BCUT2D eigenvalue weighted by Gasteiger charge is -2.03. The van der Waals surface area contributed by atoms with Gasteiger partial charge >= 0.3 is 0 Å². The van der Waals surface area contributed by atoms with Crippen molar-refractivity contribution in [3.05, 3.63) is 34.6 Å². The third-order valence-electron chi connectivity index (χ3n) is 2.51. The molecular formula is C12H12ClFN2O. The Morgan fingerprint density at radius 3 is 2.94 bits per heavy atom. The van der Waals surface area contributed by atoms with Crippen LogP contribution in [0.2, 0.25) is 5.02 Å². The maximum absolute atomic E-state index is 13.4. The number of benzene rings is 1. The van der Waals surface area contributed by atoms with Crippen molar-refractivity contribution >= 4 is 17.4 Å². The van der Waals surface area contributed by atoms with Gasteiger partial charge in [0.15, 0.2) is 11.6 Å². The first-order valence-electron chi connectivity index (χ1n) is 5.33. The second-order valence-electron chi connectivity index (χ2n) is 3.73. The maximum atomic E-state index is 13.4. The van der Waals surface area contributed by atoms with E-state index in [4.69, 9.17) is 21.9 Å². The number of hydrogen-bond acceptors (Lipinski definition) is 3.